The molecule has 24 heavy (non-hydrogen) atoms. The number of ether oxygens (including phenoxy) is 1. The number of nitrogens with one attached hydrogen (secondary N) is 2. The minimum atomic E-state index is -3.78. The van der Waals surface area contributed by atoms with Crippen LogP contribution in [0.5, 0.6) is 5.75 Å². The average molecular weight is 369 g/mol. The van der Waals surface area contributed by atoms with E-state index in [2.05, 4.69) is 10.0 Å². The van der Waals surface area contributed by atoms with Gasteiger partial charge in [0.05, 0.1) is 18.6 Å². The molecule has 0 saturated heterocycles. The topological polar surface area (TPSA) is 84.5 Å². The van der Waals surface area contributed by atoms with Crippen LogP contribution < -0.4 is 14.8 Å². The third-order valence-electron chi connectivity index (χ3n) is 3.33. The van der Waals surface area contributed by atoms with Crippen LogP contribution in [0.1, 0.15) is 5.56 Å². The Morgan fingerprint density at radius 1 is 1.17 bits per heavy atom. The number of rotatable bonds is 6. The Kier molecular flexibility index (Phi) is 5.82. The lowest BCUT2D eigenvalue weighted by Crippen LogP contribution is -2.33. The van der Waals surface area contributed by atoms with Crippen LogP contribution in [-0.2, 0) is 14.8 Å². The zero-order chi connectivity index (χ0) is 17.7. The molecule has 0 saturated carbocycles. The molecule has 0 fully saturated rings. The second-order valence-corrected chi connectivity index (χ2v) is 7.13. The van der Waals surface area contributed by atoms with Crippen LogP contribution in [0.4, 0.5) is 5.69 Å². The summed E-state index contributed by atoms with van der Waals surface area (Å²) in [6.07, 6.45) is 0. The van der Waals surface area contributed by atoms with Crippen molar-refractivity contribution in [2.45, 2.75) is 11.8 Å². The van der Waals surface area contributed by atoms with E-state index in [0.717, 1.165) is 0 Å². The van der Waals surface area contributed by atoms with E-state index in [0.29, 0.717) is 22.0 Å². The predicted octanol–water partition coefficient (Wildman–Crippen LogP) is 2.57. The molecule has 0 heterocycles. The summed E-state index contributed by atoms with van der Waals surface area (Å²) in [5.41, 5.74) is 1.25. The van der Waals surface area contributed by atoms with Gasteiger partial charge in [0.15, 0.2) is 0 Å². The van der Waals surface area contributed by atoms with E-state index in [1.54, 1.807) is 25.1 Å². The highest BCUT2D eigenvalue weighted by molar-refractivity contribution is 7.89. The lowest BCUT2D eigenvalue weighted by atomic mass is 10.2. The molecule has 1 amide bonds. The van der Waals surface area contributed by atoms with Crippen LogP contribution in [0.15, 0.2) is 47.4 Å². The SMILES string of the molecule is COc1ccc(S(=O)(=O)NCC(=O)Nc2cccc(Cl)c2C)cc1. The number of halogens is 1. The zero-order valence-electron chi connectivity index (χ0n) is 13.2. The maximum absolute atomic E-state index is 12.2. The molecule has 0 spiro atoms. The van der Waals surface area contributed by atoms with Crippen LogP contribution in [0.25, 0.3) is 0 Å². The summed E-state index contributed by atoms with van der Waals surface area (Å²) >= 11 is 5.98. The van der Waals surface area contributed by atoms with Gasteiger partial charge in [0.2, 0.25) is 15.9 Å². The van der Waals surface area contributed by atoms with Crippen molar-refractivity contribution in [2.75, 3.05) is 19.0 Å². The van der Waals surface area contributed by atoms with Crippen LogP contribution >= 0.6 is 11.6 Å². The number of sulfonamides is 1. The molecule has 6 nitrogen and oxygen atoms in total. The molecule has 0 aliphatic heterocycles. The van der Waals surface area contributed by atoms with Crippen molar-refractivity contribution in [1.82, 2.24) is 4.72 Å². The van der Waals surface area contributed by atoms with Gasteiger partial charge in [-0.25, -0.2) is 13.1 Å². The number of hydrogen-bond acceptors (Lipinski definition) is 4. The van der Waals surface area contributed by atoms with Crippen LogP contribution in [0.3, 0.4) is 0 Å². The van der Waals surface area contributed by atoms with Gasteiger partial charge in [-0.3, -0.25) is 4.79 Å². The van der Waals surface area contributed by atoms with Crippen molar-refractivity contribution < 1.29 is 17.9 Å². The first-order chi connectivity index (χ1) is 11.3. The first kappa shape index (κ1) is 18.3. The average Bonchev–Trinajstić information content (AvgIpc) is 2.57. The molecule has 2 rings (SSSR count). The standard InChI is InChI=1S/C16H17ClN2O4S/c1-11-14(17)4-3-5-15(11)19-16(20)10-18-24(21,22)13-8-6-12(23-2)7-9-13/h3-9,18H,10H2,1-2H3,(H,19,20). The summed E-state index contributed by atoms with van der Waals surface area (Å²) in [5.74, 6) is 0.0561. The van der Waals surface area contributed by atoms with Crippen molar-refractivity contribution in [2.24, 2.45) is 0 Å². The van der Waals surface area contributed by atoms with E-state index in [1.165, 1.54) is 31.4 Å². The summed E-state index contributed by atoms with van der Waals surface area (Å²) < 4.78 is 31.5. The lowest BCUT2D eigenvalue weighted by Gasteiger charge is -2.11. The molecular weight excluding hydrogens is 352 g/mol. The minimum absolute atomic E-state index is 0.0510. The molecule has 2 aromatic rings. The quantitative estimate of drug-likeness (QED) is 0.820. The Balaban J connectivity index is 2.00. The van der Waals surface area contributed by atoms with Crippen molar-refractivity contribution >= 4 is 33.2 Å². The molecule has 0 radical (unpaired) electrons. The third kappa shape index (κ3) is 4.47. The Morgan fingerprint density at radius 3 is 2.46 bits per heavy atom. The number of carbonyl (C=O) groups is 1. The van der Waals surface area contributed by atoms with Crippen molar-refractivity contribution in [3.63, 3.8) is 0 Å². The fourth-order valence-corrected chi connectivity index (χ4v) is 3.09. The number of methoxy groups -OCH3 is 1. The van der Waals surface area contributed by atoms with Gasteiger partial charge in [-0.05, 0) is 48.9 Å². The van der Waals surface area contributed by atoms with Gasteiger partial charge in [0, 0.05) is 10.7 Å². The second kappa shape index (κ2) is 7.65. The van der Waals surface area contributed by atoms with Gasteiger partial charge in [-0.1, -0.05) is 17.7 Å². The molecule has 2 aromatic carbocycles. The fraction of sp³-hybridized carbons (Fsp3) is 0.188. The third-order valence-corrected chi connectivity index (χ3v) is 5.16. The highest BCUT2D eigenvalue weighted by atomic mass is 35.5. The number of carbonyl (C=O) groups excluding carboxylic acids is 1. The van der Waals surface area contributed by atoms with Gasteiger partial charge in [-0.15, -0.1) is 0 Å². The molecule has 0 aliphatic rings. The van der Waals surface area contributed by atoms with Gasteiger partial charge < -0.3 is 10.1 Å². The molecule has 0 unspecified atom stereocenters. The maximum Gasteiger partial charge on any atom is 0.241 e. The molecular formula is C16H17ClN2O4S. The Bertz CT molecular complexity index is 836. The largest absolute Gasteiger partial charge is 0.497 e. The molecule has 128 valence electrons. The Labute approximate surface area is 145 Å². The van der Waals surface area contributed by atoms with E-state index >= 15 is 0 Å². The summed E-state index contributed by atoms with van der Waals surface area (Å²) in [6, 6.07) is 11.0. The Morgan fingerprint density at radius 2 is 1.83 bits per heavy atom. The number of benzene rings is 2. The molecule has 0 bridgehead atoms. The molecule has 2 N–H and O–H groups in total. The fourth-order valence-electron chi connectivity index (χ4n) is 1.94. The van der Waals surface area contributed by atoms with E-state index in [4.69, 9.17) is 16.3 Å². The van der Waals surface area contributed by atoms with Gasteiger partial charge in [0.25, 0.3) is 0 Å². The summed E-state index contributed by atoms with van der Waals surface area (Å²) in [6.45, 7) is 1.37. The molecule has 0 aliphatic carbocycles. The molecule has 0 aromatic heterocycles. The smallest absolute Gasteiger partial charge is 0.241 e. The first-order valence-corrected chi connectivity index (χ1v) is 8.88. The highest BCUT2D eigenvalue weighted by Crippen LogP contribution is 2.22. The van der Waals surface area contributed by atoms with Crippen LogP contribution in [-0.4, -0.2) is 28.0 Å². The summed E-state index contributed by atoms with van der Waals surface area (Å²) in [7, 11) is -2.29. The van der Waals surface area contributed by atoms with E-state index < -0.39 is 15.9 Å². The zero-order valence-corrected chi connectivity index (χ0v) is 14.7. The predicted molar refractivity (Wildman–Crippen MR) is 93.0 cm³/mol. The minimum Gasteiger partial charge on any atom is -0.497 e. The van der Waals surface area contributed by atoms with Gasteiger partial charge >= 0.3 is 0 Å². The van der Waals surface area contributed by atoms with Crippen LogP contribution in [0.2, 0.25) is 5.02 Å². The van der Waals surface area contributed by atoms with E-state index in [-0.39, 0.29) is 11.4 Å². The maximum atomic E-state index is 12.2. The second-order valence-electron chi connectivity index (χ2n) is 4.96. The van der Waals surface area contributed by atoms with Gasteiger partial charge in [-0.2, -0.15) is 0 Å². The lowest BCUT2D eigenvalue weighted by molar-refractivity contribution is -0.115. The number of amides is 1. The summed E-state index contributed by atoms with van der Waals surface area (Å²) in [5, 5.41) is 3.14. The summed E-state index contributed by atoms with van der Waals surface area (Å²) in [4.78, 5) is 12.0. The number of anilines is 1. The van der Waals surface area contributed by atoms with E-state index in [9.17, 15) is 13.2 Å². The Hall–Kier alpha value is -2.09. The number of hydrogen-bond donors (Lipinski definition) is 2. The molecule has 0 atom stereocenters. The van der Waals surface area contributed by atoms with Crippen molar-refractivity contribution in [1.29, 1.82) is 0 Å². The van der Waals surface area contributed by atoms with Crippen molar-refractivity contribution in [3.05, 3.63) is 53.1 Å². The normalized spacial score (nSPS) is 11.1. The monoisotopic (exact) mass is 368 g/mol. The van der Waals surface area contributed by atoms with Crippen molar-refractivity contribution in [3.8, 4) is 5.75 Å². The first-order valence-electron chi connectivity index (χ1n) is 7.02. The van der Waals surface area contributed by atoms with E-state index in [1.807, 2.05) is 0 Å². The van der Waals surface area contributed by atoms with Crippen LogP contribution in [0, 0.1) is 6.92 Å². The highest BCUT2D eigenvalue weighted by Gasteiger charge is 2.16. The van der Waals surface area contributed by atoms with Gasteiger partial charge in [0.1, 0.15) is 5.75 Å². The molecule has 8 heteroatoms.